The van der Waals surface area contributed by atoms with E-state index >= 15 is 0 Å². The van der Waals surface area contributed by atoms with Crippen molar-refractivity contribution < 1.29 is 4.79 Å². The molecule has 5 heteroatoms. The summed E-state index contributed by atoms with van der Waals surface area (Å²) in [7, 11) is 1.80. The molecule has 0 fully saturated rings. The van der Waals surface area contributed by atoms with Crippen molar-refractivity contribution in [1.29, 1.82) is 0 Å². The van der Waals surface area contributed by atoms with Gasteiger partial charge in [-0.15, -0.1) is 0 Å². The number of amides is 1. The largest absolute Gasteiger partial charge is 0.337 e. The van der Waals surface area contributed by atoms with Crippen LogP contribution in [0.3, 0.4) is 0 Å². The summed E-state index contributed by atoms with van der Waals surface area (Å²) in [6.07, 6.45) is 3.80. The Morgan fingerprint density at radius 3 is 2.67 bits per heavy atom. The first-order valence-electron chi connectivity index (χ1n) is 7.68. The lowest BCUT2D eigenvalue weighted by Crippen LogP contribution is -2.26. The number of rotatable bonds is 5. The monoisotopic (exact) mass is 383 g/mol. The average molecular weight is 384 g/mol. The van der Waals surface area contributed by atoms with Crippen LogP contribution in [0.1, 0.15) is 21.5 Å². The van der Waals surface area contributed by atoms with Crippen LogP contribution in [-0.4, -0.2) is 27.6 Å². The van der Waals surface area contributed by atoms with E-state index in [0.717, 1.165) is 16.6 Å². The molecule has 0 saturated heterocycles. The van der Waals surface area contributed by atoms with E-state index in [1.54, 1.807) is 11.9 Å². The fourth-order valence-corrected chi connectivity index (χ4v) is 2.93. The smallest absolute Gasteiger partial charge is 0.253 e. The first-order valence-corrected chi connectivity index (χ1v) is 8.47. The third-order valence-electron chi connectivity index (χ3n) is 3.71. The van der Waals surface area contributed by atoms with Crippen molar-refractivity contribution in [3.8, 4) is 0 Å². The first kappa shape index (κ1) is 16.5. The van der Waals surface area contributed by atoms with E-state index in [0.29, 0.717) is 12.1 Å². The highest BCUT2D eigenvalue weighted by molar-refractivity contribution is 9.10. The van der Waals surface area contributed by atoms with Crippen molar-refractivity contribution in [1.82, 2.24) is 14.7 Å². The maximum absolute atomic E-state index is 12.5. The van der Waals surface area contributed by atoms with Gasteiger partial charge < -0.3 is 4.90 Å². The molecule has 0 aliphatic carbocycles. The zero-order chi connectivity index (χ0) is 16.9. The van der Waals surface area contributed by atoms with E-state index in [-0.39, 0.29) is 5.91 Å². The number of halogens is 1. The molecule has 24 heavy (non-hydrogen) atoms. The Balaban J connectivity index is 1.64. The highest BCUT2D eigenvalue weighted by Crippen LogP contribution is 2.14. The zero-order valence-electron chi connectivity index (χ0n) is 13.4. The standard InChI is InChI=1S/C19H18BrN3O/c1-22(19(24)17-8-5-9-18(20)10-17)12-16-11-21-23(14-16)13-15-6-3-2-4-7-15/h2-11,14H,12-13H2,1H3. The van der Waals surface area contributed by atoms with Crippen molar-refractivity contribution in [2.75, 3.05) is 7.05 Å². The molecule has 122 valence electrons. The number of hydrogen-bond donors (Lipinski definition) is 0. The van der Waals surface area contributed by atoms with Gasteiger partial charge in [-0.25, -0.2) is 0 Å². The summed E-state index contributed by atoms with van der Waals surface area (Å²) < 4.78 is 2.79. The molecule has 0 unspecified atom stereocenters. The maximum Gasteiger partial charge on any atom is 0.253 e. The van der Waals surface area contributed by atoms with E-state index in [4.69, 9.17) is 0 Å². The molecule has 1 aromatic heterocycles. The number of benzene rings is 2. The molecular formula is C19H18BrN3O. The molecule has 0 bridgehead atoms. The second-order valence-electron chi connectivity index (χ2n) is 5.70. The molecule has 1 amide bonds. The van der Waals surface area contributed by atoms with Gasteiger partial charge in [-0.2, -0.15) is 5.10 Å². The molecule has 3 aromatic rings. The van der Waals surface area contributed by atoms with Crippen LogP contribution >= 0.6 is 15.9 Å². The summed E-state index contributed by atoms with van der Waals surface area (Å²) in [4.78, 5) is 14.2. The zero-order valence-corrected chi connectivity index (χ0v) is 15.0. The summed E-state index contributed by atoms with van der Waals surface area (Å²) in [6.45, 7) is 1.25. The van der Waals surface area contributed by atoms with Crippen molar-refractivity contribution in [3.05, 3.63) is 88.2 Å². The Hall–Kier alpha value is -2.40. The van der Waals surface area contributed by atoms with Crippen LogP contribution in [0.5, 0.6) is 0 Å². The summed E-state index contributed by atoms with van der Waals surface area (Å²) in [5, 5.41) is 4.38. The predicted octanol–water partition coefficient (Wildman–Crippen LogP) is 3.97. The fourth-order valence-electron chi connectivity index (χ4n) is 2.53. The van der Waals surface area contributed by atoms with Gasteiger partial charge in [0.2, 0.25) is 0 Å². The van der Waals surface area contributed by atoms with E-state index < -0.39 is 0 Å². The molecule has 0 N–H and O–H groups in total. The second-order valence-corrected chi connectivity index (χ2v) is 6.62. The van der Waals surface area contributed by atoms with Crippen molar-refractivity contribution in [2.45, 2.75) is 13.1 Å². The SMILES string of the molecule is CN(Cc1cnn(Cc2ccccc2)c1)C(=O)c1cccc(Br)c1. The van der Waals surface area contributed by atoms with Crippen LogP contribution in [0.4, 0.5) is 0 Å². The Kier molecular flexibility index (Phi) is 5.11. The van der Waals surface area contributed by atoms with Crippen LogP contribution in [0.15, 0.2) is 71.5 Å². The fraction of sp³-hybridized carbons (Fsp3) is 0.158. The van der Waals surface area contributed by atoms with Crippen LogP contribution in [0.2, 0.25) is 0 Å². The Morgan fingerprint density at radius 2 is 1.92 bits per heavy atom. The molecule has 0 radical (unpaired) electrons. The van der Waals surface area contributed by atoms with Crippen LogP contribution in [0, 0.1) is 0 Å². The van der Waals surface area contributed by atoms with E-state index in [2.05, 4.69) is 33.2 Å². The Labute approximate surface area is 149 Å². The van der Waals surface area contributed by atoms with Crippen LogP contribution < -0.4 is 0 Å². The Bertz CT molecular complexity index is 829. The van der Waals surface area contributed by atoms with Crippen molar-refractivity contribution >= 4 is 21.8 Å². The number of carbonyl (C=O) groups excluding carboxylic acids is 1. The Morgan fingerprint density at radius 1 is 1.12 bits per heavy atom. The van der Waals surface area contributed by atoms with E-state index in [1.165, 1.54) is 5.56 Å². The summed E-state index contributed by atoms with van der Waals surface area (Å²) in [5.41, 5.74) is 2.88. The van der Waals surface area contributed by atoms with Gasteiger partial charge in [-0.3, -0.25) is 9.48 Å². The molecule has 1 heterocycles. The number of aromatic nitrogens is 2. The molecule has 4 nitrogen and oxygen atoms in total. The highest BCUT2D eigenvalue weighted by Gasteiger charge is 2.13. The number of carbonyl (C=O) groups is 1. The predicted molar refractivity (Wildman–Crippen MR) is 97.7 cm³/mol. The summed E-state index contributed by atoms with van der Waals surface area (Å²) >= 11 is 3.40. The third kappa shape index (κ3) is 4.11. The van der Waals surface area contributed by atoms with Crippen molar-refractivity contribution in [2.24, 2.45) is 0 Å². The molecule has 0 aliphatic rings. The van der Waals surface area contributed by atoms with Gasteiger partial charge in [0.15, 0.2) is 0 Å². The summed E-state index contributed by atoms with van der Waals surface area (Å²) in [6, 6.07) is 17.6. The van der Waals surface area contributed by atoms with E-state index in [1.807, 2.05) is 59.5 Å². The molecular weight excluding hydrogens is 366 g/mol. The molecule has 3 rings (SSSR count). The van der Waals surface area contributed by atoms with Gasteiger partial charge in [0, 0.05) is 35.4 Å². The van der Waals surface area contributed by atoms with Gasteiger partial charge in [0.25, 0.3) is 5.91 Å². The van der Waals surface area contributed by atoms with Gasteiger partial charge in [0.05, 0.1) is 12.7 Å². The lowest BCUT2D eigenvalue weighted by molar-refractivity contribution is 0.0785. The van der Waals surface area contributed by atoms with E-state index in [9.17, 15) is 4.79 Å². The molecule has 0 atom stereocenters. The third-order valence-corrected chi connectivity index (χ3v) is 4.21. The molecule has 0 spiro atoms. The molecule has 0 saturated carbocycles. The van der Waals surface area contributed by atoms with Gasteiger partial charge in [-0.1, -0.05) is 52.3 Å². The average Bonchev–Trinajstić information content (AvgIpc) is 3.02. The highest BCUT2D eigenvalue weighted by atomic mass is 79.9. The second kappa shape index (κ2) is 7.45. The molecule has 2 aromatic carbocycles. The number of hydrogen-bond acceptors (Lipinski definition) is 2. The van der Waals surface area contributed by atoms with Gasteiger partial charge in [-0.05, 0) is 23.8 Å². The maximum atomic E-state index is 12.5. The van der Waals surface area contributed by atoms with Gasteiger partial charge in [0.1, 0.15) is 0 Å². The minimum absolute atomic E-state index is 0.00731. The molecule has 0 aliphatic heterocycles. The first-order chi connectivity index (χ1) is 11.6. The van der Waals surface area contributed by atoms with Gasteiger partial charge >= 0.3 is 0 Å². The minimum atomic E-state index is -0.00731. The lowest BCUT2D eigenvalue weighted by atomic mass is 10.2. The van der Waals surface area contributed by atoms with Crippen molar-refractivity contribution in [3.63, 3.8) is 0 Å². The van der Waals surface area contributed by atoms with Crippen LogP contribution in [-0.2, 0) is 13.1 Å². The van der Waals surface area contributed by atoms with Crippen LogP contribution in [0.25, 0.3) is 0 Å². The quantitative estimate of drug-likeness (QED) is 0.668. The topological polar surface area (TPSA) is 38.1 Å². The lowest BCUT2D eigenvalue weighted by Gasteiger charge is -2.16. The minimum Gasteiger partial charge on any atom is -0.337 e. The summed E-state index contributed by atoms with van der Waals surface area (Å²) in [5.74, 6) is -0.00731. The normalized spacial score (nSPS) is 10.6. The number of nitrogens with zero attached hydrogens (tertiary/aromatic N) is 3.